The van der Waals surface area contributed by atoms with Gasteiger partial charge in [-0.2, -0.15) is 68.4 Å². The molecule has 7 aromatic rings. The molecular weight excluding hydrogens is 615 g/mol. The van der Waals surface area contributed by atoms with Crippen LogP contribution in [0, 0.1) is 0 Å². The van der Waals surface area contributed by atoms with Crippen molar-refractivity contribution in [2.24, 2.45) is 0 Å². The molecule has 0 saturated heterocycles. The summed E-state index contributed by atoms with van der Waals surface area (Å²) in [6.07, 6.45) is -13.6. The molecule has 7 rings (SSSR count). The lowest BCUT2D eigenvalue weighted by atomic mass is 10.1. The molecule has 0 fully saturated rings. The van der Waals surface area contributed by atoms with E-state index in [1.54, 1.807) is 18.2 Å². The van der Waals surface area contributed by atoms with Gasteiger partial charge in [-0.1, -0.05) is 36.4 Å². The molecule has 0 saturated carbocycles. The van der Waals surface area contributed by atoms with Gasteiger partial charge in [0, 0.05) is 34.9 Å². The quantitative estimate of drug-likeness (QED) is 0.184. The van der Waals surface area contributed by atoms with Crippen LogP contribution < -0.4 is 0 Å². The third kappa shape index (κ3) is 4.93. The highest BCUT2D eigenvalue weighted by molar-refractivity contribution is 5.75. The van der Waals surface area contributed by atoms with Crippen LogP contribution >= 0.6 is 0 Å². The zero-order valence-electron chi connectivity index (χ0n) is 22.2. The SMILES string of the molecule is FC(F)(F)c1ccc(-c2cc3n(n2)c2cc(-c4ccc(C(F)(F)F)cc4)nn2c2cc(-c4ccc(C(F)(F)F)cc4)nn32)cc1. The predicted molar refractivity (Wildman–Crippen MR) is 144 cm³/mol. The topological polar surface area (TPSA) is 51.9 Å². The van der Waals surface area contributed by atoms with Gasteiger partial charge in [0.15, 0.2) is 16.9 Å². The highest BCUT2D eigenvalue weighted by Gasteiger charge is 2.32. The maximum Gasteiger partial charge on any atom is 0.416 e. The van der Waals surface area contributed by atoms with Gasteiger partial charge >= 0.3 is 18.5 Å². The minimum atomic E-state index is -4.54. The summed E-state index contributed by atoms with van der Waals surface area (Å²) >= 11 is 0. The fourth-order valence-electron chi connectivity index (χ4n) is 4.99. The first kappa shape index (κ1) is 28.4. The Morgan fingerprint density at radius 3 is 0.778 bits per heavy atom. The molecule has 45 heavy (non-hydrogen) atoms. The van der Waals surface area contributed by atoms with Crippen LogP contribution in [0.1, 0.15) is 16.7 Å². The molecule has 0 aliphatic carbocycles. The van der Waals surface area contributed by atoms with Crippen molar-refractivity contribution in [2.75, 3.05) is 0 Å². The van der Waals surface area contributed by atoms with Gasteiger partial charge in [-0.25, -0.2) is 0 Å². The van der Waals surface area contributed by atoms with Gasteiger partial charge in [-0.05, 0) is 36.4 Å². The number of fused-ring (bicyclic) bond motifs is 6. The van der Waals surface area contributed by atoms with E-state index in [0.717, 1.165) is 36.4 Å². The molecule has 4 heterocycles. The Bertz CT molecular complexity index is 1850. The molecule has 0 N–H and O–H groups in total. The molecule has 0 atom stereocenters. The van der Waals surface area contributed by atoms with Gasteiger partial charge < -0.3 is 0 Å². The summed E-state index contributed by atoms with van der Waals surface area (Å²) in [5.41, 5.74) is 0.395. The Labute approximate surface area is 245 Å². The predicted octanol–water partition coefficient (Wildman–Crippen LogP) is 8.69. The van der Waals surface area contributed by atoms with Crippen LogP contribution in [-0.4, -0.2) is 28.8 Å². The Morgan fingerprint density at radius 1 is 0.356 bits per heavy atom. The molecule has 4 aromatic heterocycles. The molecule has 15 heteroatoms. The van der Waals surface area contributed by atoms with Crippen LogP contribution in [0.5, 0.6) is 0 Å². The first-order valence-corrected chi connectivity index (χ1v) is 13.0. The second kappa shape index (κ2) is 9.58. The molecular formula is C30H15F9N6. The third-order valence-electron chi connectivity index (χ3n) is 7.25. The normalized spacial score (nSPS) is 13.0. The fourth-order valence-corrected chi connectivity index (χ4v) is 4.99. The van der Waals surface area contributed by atoms with E-state index < -0.39 is 35.2 Å². The number of benzene rings is 3. The smallest absolute Gasteiger partial charge is 0.196 e. The monoisotopic (exact) mass is 630 g/mol. The minimum absolute atomic E-state index is 0.280. The maximum atomic E-state index is 13.1. The largest absolute Gasteiger partial charge is 0.416 e. The lowest BCUT2D eigenvalue weighted by Gasteiger charge is -2.06. The van der Waals surface area contributed by atoms with Gasteiger partial charge in [-0.3, -0.25) is 0 Å². The van der Waals surface area contributed by atoms with Gasteiger partial charge in [0.1, 0.15) is 0 Å². The molecule has 0 amide bonds. The highest BCUT2D eigenvalue weighted by atomic mass is 19.4. The molecule has 0 radical (unpaired) electrons. The van der Waals surface area contributed by atoms with Crippen molar-refractivity contribution in [2.45, 2.75) is 18.5 Å². The minimum Gasteiger partial charge on any atom is -0.196 e. The standard InChI is InChI=1S/C30H15F9N6/c31-28(32,33)19-7-1-16(2-8-19)22-13-25-43(40-22)26-14-23(17-3-9-20(10-4-17)29(34,35)36)42-45(26)27-15-24(41-44(25)27)18-5-11-21(12-6-18)30(37,38)39/h1-15H. The average molecular weight is 630 g/mol. The number of nitrogens with zero attached hydrogens (tertiary/aromatic N) is 6. The molecule has 0 unspecified atom stereocenters. The van der Waals surface area contributed by atoms with Gasteiger partial charge in [-0.15, -0.1) is 0 Å². The summed E-state index contributed by atoms with van der Waals surface area (Å²) in [5.74, 6) is 0. The third-order valence-corrected chi connectivity index (χ3v) is 7.25. The second-order valence-electron chi connectivity index (χ2n) is 10.1. The molecule has 0 spiro atoms. The van der Waals surface area contributed by atoms with Gasteiger partial charge in [0.2, 0.25) is 0 Å². The molecule has 0 aliphatic heterocycles. The highest BCUT2D eigenvalue weighted by Crippen LogP contribution is 2.35. The van der Waals surface area contributed by atoms with Gasteiger partial charge in [0.05, 0.1) is 33.8 Å². The summed E-state index contributed by atoms with van der Waals surface area (Å²) in [7, 11) is 0. The Balaban J connectivity index is 1.43. The molecule has 0 bridgehead atoms. The molecule has 3 aromatic carbocycles. The Kier molecular flexibility index (Phi) is 6.05. The number of alkyl halides is 9. The number of hydrogen-bond acceptors (Lipinski definition) is 3. The van der Waals surface area contributed by atoms with E-state index in [-0.39, 0.29) is 17.1 Å². The molecule has 228 valence electrons. The first-order chi connectivity index (χ1) is 21.2. The number of hydrogen-bond donors (Lipinski definition) is 0. The van der Waals surface area contributed by atoms with E-state index in [4.69, 9.17) is 0 Å². The van der Waals surface area contributed by atoms with Crippen molar-refractivity contribution in [3.63, 3.8) is 0 Å². The summed E-state index contributed by atoms with van der Waals surface area (Å²) in [6.45, 7) is 0. The lowest BCUT2D eigenvalue weighted by Crippen LogP contribution is -2.05. The number of aromatic nitrogens is 6. The van der Waals surface area contributed by atoms with Crippen LogP contribution in [0.15, 0.2) is 91.0 Å². The van der Waals surface area contributed by atoms with E-state index >= 15 is 0 Å². The van der Waals surface area contributed by atoms with Crippen molar-refractivity contribution >= 4 is 16.9 Å². The van der Waals surface area contributed by atoms with Crippen LogP contribution in [0.4, 0.5) is 39.5 Å². The summed E-state index contributed by atoms with van der Waals surface area (Å²) < 4.78 is 122. The molecule has 6 nitrogen and oxygen atoms in total. The van der Waals surface area contributed by atoms with Gasteiger partial charge in [0.25, 0.3) is 0 Å². The van der Waals surface area contributed by atoms with Crippen LogP contribution in [0.3, 0.4) is 0 Å². The fraction of sp³-hybridized carbons (Fsp3) is 0.100. The van der Waals surface area contributed by atoms with Crippen molar-refractivity contribution in [1.29, 1.82) is 0 Å². The summed E-state index contributed by atoms with van der Waals surface area (Å²) in [4.78, 5) is 0. The van der Waals surface area contributed by atoms with E-state index in [2.05, 4.69) is 15.3 Å². The summed E-state index contributed by atoms with van der Waals surface area (Å²) in [6, 6.07) is 17.8. The van der Waals surface area contributed by atoms with Crippen molar-refractivity contribution in [3.8, 4) is 33.8 Å². The average Bonchev–Trinajstić information content (AvgIpc) is 3.73. The van der Waals surface area contributed by atoms with E-state index in [1.807, 2.05) is 0 Å². The van der Waals surface area contributed by atoms with Crippen molar-refractivity contribution in [1.82, 2.24) is 28.8 Å². The van der Waals surface area contributed by atoms with Crippen LogP contribution in [-0.2, 0) is 18.5 Å². The number of halogens is 9. The van der Waals surface area contributed by atoms with E-state index in [9.17, 15) is 39.5 Å². The van der Waals surface area contributed by atoms with E-state index in [0.29, 0.717) is 33.6 Å². The zero-order chi connectivity index (χ0) is 31.9. The first-order valence-electron chi connectivity index (χ1n) is 13.0. The Hall–Kier alpha value is -5.34. The summed E-state index contributed by atoms with van der Waals surface area (Å²) in [5, 5.41) is 13.7. The zero-order valence-corrected chi connectivity index (χ0v) is 22.2. The van der Waals surface area contributed by atoms with Crippen molar-refractivity contribution < 1.29 is 39.5 Å². The second-order valence-corrected chi connectivity index (χ2v) is 10.1. The number of rotatable bonds is 3. The van der Waals surface area contributed by atoms with E-state index in [1.165, 1.54) is 49.9 Å². The maximum absolute atomic E-state index is 13.1. The lowest BCUT2D eigenvalue weighted by molar-refractivity contribution is -0.138. The van der Waals surface area contributed by atoms with Crippen LogP contribution in [0.2, 0.25) is 0 Å². The van der Waals surface area contributed by atoms with Crippen LogP contribution in [0.25, 0.3) is 50.7 Å². The van der Waals surface area contributed by atoms with Crippen molar-refractivity contribution in [3.05, 3.63) is 108 Å². The molecule has 0 aliphatic rings. The Morgan fingerprint density at radius 2 is 0.578 bits per heavy atom.